The molecule has 25 heavy (non-hydrogen) atoms. The van der Waals surface area contributed by atoms with Gasteiger partial charge in [0.25, 0.3) is 0 Å². The van der Waals surface area contributed by atoms with Gasteiger partial charge in [-0.3, -0.25) is 4.79 Å². The number of rotatable bonds is 2. The highest BCUT2D eigenvalue weighted by Gasteiger charge is 2.25. The van der Waals surface area contributed by atoms with Crippen LogP contribution in [0.15, 0.2) is 90.5 Å². The van der Waals surface area contributed by atoms with Gasteiger partial charge in [-0.25, -0.2) is 0 Å². The van der Waals surface area contributed by atoms with E-state index >= 15 is 0 Å². The van der Waals surface area contributed by atoms with Gasteiger partial charge in [0.05, 0.1) is 0 Å². The summed E-state index contributed by atoms with van der Waals surface area (Å²) in [7, 11) is 0. The topological polar surface area (TPSA) is 17.1 Å². The van der Waals surface area contributed by atoms with Crippen molar-refractivity contribution in [1.82, 2.24) is 0 Å². The van der Waals surface area contributed by atoms with Crippen LogP contribution < -0.4 is 0 Å². The average molecular weight is 322 g/mol. The maximum absolute atomic E-state index is 13.2. The summed E-state index contributed by atoms with van der Waals surface area (Å²) >= 11 is 0. The Kier molecular flexibility index (Phi) is 4.14. The molecular weight excluding hydrogens is 304 g/mol. The van der Waals surface area contributed by atoms with Crippen LogP contribution in [0.3, 0.4) is 0 Å². The molecule has 0 saturated heterocycles. The third-order valence-corrected chi connectivity index (χ3v) is 4.48. The summed E-state index contributed by atoms with van der Waals surface area (Å²) in [5, 5.41) is 0. The molecule has 0 atom stereocenters. The smallest absolute Gasteiger partial charge is 0.189 e. The van der Waals surface area contributed by atoms with Gasteiger partial charge in [0, 0.05) is 17.6 Å². The Morgan fingerprint density at radius 2 is 1.20 bits per heavy atom. The molecule has 3 aromatic carbocycles. The van der Waals surface area contributed by atoms with Crippen LogP contribution in [0.4, 0.5) is 0 Å². The van der Waals surface area contributed by atoms with Gasteiger partial charge in [0.2, 0.25) is 0 Å². The summed E-state index contributed by atoms with van der Waals surface area (Å²) < 4.78 is 0. The van der Waals surface area contributed by atoms with E-state index in [-0.39, 0.29) is 5.78 Å². The van der Waals surface area contributed by atoms with E-state index in [4.69, 9.17) is 0 Å². The molecule has 1 heteroatoms. The quantitative estimate of drug-likeness (QED) is 0.574. The minimum atomic E-state index is 0.117. The molecule has 0 aromatic heterocycles. The van der Waals surface area contributed by atoms with Gasteiger partial charge in [0.15, 0.2) is 5.78 Å². The highest BCUT2D eigenvalue weighted by atomic mass is 16.1. The lowest BCUT2D eigenvalue weighted by Crippen LogP contribution is -2.15. The van der Waals surface area contributed by atoms with Gasteiger partial charge < -0.3 is 0 Å². The van der Waals surface area contributed by atoms with Crippen LogP contribution in [0.25, 0.3) is 17.7 Å². The fraction of sp³-hybridized carbons (Fsp3) is 0.0417. The molecule has 0 bridgehead atoms. The maximum atomic E-state index is 13.2. The number of hydrogen-bond acceptors (Lipinski definition) is 1. The van der Waals surface area contributed by atoms with Gasteiger partial charge in [-0.15, -0.1) is 0 Å². The molecule has 0 radical (unpaired) electrons. The minimum Gasteiger partial charge on any atom is -0.289 e. The molecule has 1 aliphatic carbocycles. The number of benzene rings is 3. The van der Waals surface area contributed by atoms with Crippen LogP contribution in [-0.2, 0) is 11.2 Å². The van der Waals surface area contributed by atoms with Crippen molar-refractivity contribution < 1.29 is 4.79 Å². The Morgan fingerprint density at radius 1 is 0.640 bits per heavy atom. The summed E-state index contributed by atoms with van der Waals surface area (Å²) in [6.45, 7) is 0. The van der Waals surface area contributed by atoms with Crippen LogP contribution in [0.1, 0.15) is 22.3 Å². The number of carbonyl (C=O) groups excluding carboxylic acids is 1. The molecule has 1 nitrogen and oxygen atoms in total. The molecule has 0 fully saturated rings. The predicted molar refractivity (Wildman–Crippen MR) is 104 cm³/mol. The van der Waals surface area contributed by atoms with Gasteiger partial charge in [-0.05, 0) is 34.4 Å². The lowest BCUT2D eigenvalue weighted by molar-refractivity contribution is -0.110. The van der Waals surface area contributed by atoms with Crippen molar-refractivity contribution in [3.05, 3.63) is 113 Å². The summed E-state index contributed by atoms with van der Waals surface area (Å²) in [5.41, 5.74) is 5.96. The normalized spacial score (nSPS) is 16.9. The van der Waals surface area contributed by atoms with Crippen molar-refractivity contribution in [3.8, 4) is 0 Å². The van der Waals surface area contributed by atoms with Crippen molar-refractivity contribution >= 4 is 23.5 Å². The molecule has 3 aromatic rings. The van der Waals surface area contributed by atoms with E-state index < -0.39 is 0 Å². The fourth-order valence-corrected chi connectivity index (χ4v) is 3.24. The molecular formula is C24H18O. The molecule has 0 spiro atoms. The lowest BCUT2D eigenvalue weighted by atomic mass is 9.81. The molecule has 0 heterocycles. The van der Waals surface area contributed by atoms with Crippen molar-refractivity contribution in [2.75, 3.05) is 0 Å². The van der Waals surface area contributed by atoms with Crippen molar-refractivity contribution in [3.63, 3.8) is 0 Å². The van der Waals surface area contributed by atoms with E-state index in [0.29, 0.717) is 6.42 Å². The molecule has 0 aliphatic heterocycles. The van der Waals surface area contributed by atoms with Crippen molar-refractivity contribution in [1.29, 1.82) is 0 Å². The average Bonchev–Trinajstić information content (AvgIpc) is 2.67. The van der Waals surface area contributed by atoms with Crippen molar-refractivity contribution in [2.24, 2.45) is 0 Å². The highest BCUT2D eigenvalue weighted by molar-refractivity contribution is 6.35. The second-order valence-corrected chi connectivity index (χ2v) is 6.21. The molecule has 0 saturated carbocycles. The summed E-state index contributed by atoms with van der Waals surface area (Å²) in [6, 6.07) is 28.2. The number of carbonyl (C=O) groups is 1. The summed E-state index contributed by atoms with van der Waals surface area (Å²) in [4.78, 5) is 13.2. The highest BCUT2D eigenvalue weighted by Crippen LogP contribution is 2.33. The number of fused-ring (bicyclic) bond motifs is 1. The number of hydrogen-bond donors (Lipinski definition) is 0. The van der Waals surface area contributed by atoms with E-state index in [1.165, 1.54) is 5.56 Å². The first-order chi connectivity index (χ1) is 12.3. The van der Waals surface area contributed by atoms with Crippen LogP contribution in [0.2, 0.25) is 0 Å². The number of Topliss-reactive ketones (excluding diaryl/α,β-unsaturated/α-hetero) is 1. The zero-order chi connectivity index (χ0) is 17.1. The van der Waals surface area contributed by atoms with Gasteiger partial charge in [0.1, 0.15) is 0 Å². The monoisotopic (exact) mass is 322 g/mol. The Labute approximate surface area is 148 Å². The Morgan fingerprint density at radius 3 is 1.88 bits per heavy atom. The maximum Gasteiger partial charge on any atom is 0.189 e. The van der Waals surface area contributed by atoms with Gasteiger partial charge >= 0.3 is 0 Å². The first-order valence-electron chi connectivity index (χ1n) is 8.46. The fourth-order valence-electron chi connectivity index (χ4n) is 3.24. The van der Waals surface area contributed by atoms with Crippen LogP contribution in [0.5, 0.6) is 0 Å². The standard InChI is InChI=1S/C24H18O/c25-24-21(15-18-9-3-1-4-10-18)17-20-13-7-8-14-22(20)23(24)16-19-11-5-2-6-12-19/h1-16H,17H2. The van der Waals surface area contributed by atoms with E-state index in [9.17, 15) is 4.79 Å². The number of ketones is 1. The van der Waals surface area contributed by atoms with Crippen molar-refractivity contribution in [2.45, 2.75) is 6.42 Å². The Bertz CT molecular complexity index is 963. The second-order valence-electron chi connectivity index (χ2n) is 6.21. The zero-order valence-electron chi connectivity index (χ0n) is 13.9. The Balaban J connectivity index is 1.84. The van der Waals surface area contributed by atoms with E-state index in [1.54, 1.807) is 0 Å². The Hall–Kier alpha value is -3.19. The predicted octanol–water partition coefficient (Wildman–Crippen LogP) is 5.44. The van der Waals surface area contributed by atoms with E-state index in [1.807, 2.05) is 91.0 Å². The zero-order valence-corrected chi connectivity index (χ0v) is 13.9. The van der Waals surface area contributed by atoms with E-state index in [2.05, 4.69) is 6.07 Å². The largest absolute Gasteiger partial charge is 0.289 e. The summed E-state index contributed by atoms with van der Waals surface area (Å²) in [5.74, 6) is 0.117. The lowest BCUT2D eigenvalue weighted by Gasteiger charge is -2.21. The SMILES string of the molecule is O=C1C(=Cc2ccccc2)Cc2ccccc2C1=Cc1ccccc1. The third kappa shape index (κ3) is 3.22. The molecule has 0 amide bonds. The number of allylic oxidation sites excluding steroid dienone is 2. The first kappa shape index (κ1) is 15.3. The van der Waals surface area contributed by atoms with E-state index in [0.717, 1.165) is 27.8 Å². The molecule has 0 N–H and O–H groups in total. The second kappa shape index (κ2) is 6.74. The molecule has 120 valence electrons. The van der Waals surface area contributed by atoms with Gasteiger partial charge in [-0.2, -0.15) is 0 Å². The van der Waals surface area contributed by atoms with Crippen LogP contribution in [-0.4, -0.2) is 5.78 Å². The van der Waals surface area contributed by atoms with Crippen LogP contribution >= 0.6 is 0 Å². The van der Waals surface area contributed by atoms with Gasteiger partial charge in [-0.1, -0.05) is 84.9 Å². The summed E-state index contributed by atoms with van der Waals surface area (Å²) in [6.07, 6.45) is 4.69. The first-order valence-corrected chi connectivity index (χ1v) is 8.46. The minimum absolute atomic E-state index is 0.117. The third-order valence-electron chi connectivity index (χ3n) is 4.48. The molecule has 0 unspecified atom stereocenters. The van der Waals surface area contributed by atoms with Crippen LogP contribution in [0, 0.1) is 0 Å². The molecule has 4 rings (SSSR count). The molecule has 1 aliphatic rings.